The highest BCUT2D eigenvalue weighted by Crippen LogP contribution is 2.21. The molecular formula is C14H16N2O3. The van der Waals surface area contributed by atoms with Crippen molar-refractivity contribution in [2.75, 3.05) is 26.1 Å². The van der Waals surface area contributed by atoms with Gasteiger partial charge in [0.05, 0.1) is 18.8 Å². The van der Waals surface area contributed by atoms with E-state index in [1.165, 1.54) is 0 Å². The molecule has 0 heterocycles. The van der Waals surface area contributed by atoms with E-state index in [0.717, 1.165) is 10.8 Å². The Hall–Kier alpha value is -2.11. The number of fused-ring (bicyclic) bond motifs is 1. The summed E-state index contributed by atoms with van der Waals surface area (Å²) >= 11 is 0. The van der Waals surface area contributed by atoms with Gasteiger partial charge in [-0.05, 0) is 22.9 Å². The van der Waals surface area contributed by atoms with Gasteiger partial charge in [0.2, 0.25) is 0 Å². The Kier molecular flexibility index (Phi) is 4.33. The van der Waals surface area contributed by atoms with Crippen molar-refractivity contribution >= 4 is 22.4 Å². The molecule has 0 aromatic heterocycles. The molecule has 3 N–H and O–H groups in total. The molecule has 100 valence electrons. The van der Waals surface area contributed by atoms with E-state index in [2.05, 4.69) is 5.48 Å². The van der Waals surface area contributed by atoms with Crippen molar-refractivity contribution in [2.45, 2.75) is 0 Å². The van der Waals surface area contributed by atoms with Crippen LogP contribution in [0.15, 0.2) is 36.4 Å². The molecular weight excluding hydrogens is 244 g/mol. The van der Waals surface area contributed by atoms with Crippen molar-refractivity contribution in [3.8, 4) is 0 Å². The van der Waals surface area contributed by atoms with Crippen LogP contribution in [0.2, 0.25) is 0 Å². The molecule has 0 aliphatic rings. The Bertz CT molecular complexity index is 584. The zero-order chi connectivity index (χ0) is 13.7. The highest BCUT2D eigenvalue weighted by atomic mass is 16.7. The second-order valence-electron chi connectivity index (χ2n) is 4.06. The van der Waals surface area contributed by atoms with Crippen LogP contribution < -0.4 is 11.2 Å². The second kappa shape index (κ2) is 6.17. The molecule has 0 atom stereocenters. The number of hydrogen-bond donors (Lipinski definition) is 2. The maximum atomic E-state index is 11.9. The van der Waals surface area contributed by atoms with E-state index in [4.69, 9.17) is 15.3 Å². The number of hydrogen-bond acceptors (Lipinski definition) is 4. The Morgan fingerprint density at radius 3 is 2.58 bits per heavy atom. The Labute approximate surface area is 111 Å². The van der Waals surface area contributed by atoms with Crippen LogP contribution in [0.4, 0.5) is 5.69 Å². The van der Waals surface area contributed by atoms with Gasteiger partial charge in [0.1, 0.15) is 0 Å². The second-order valence-corrected chi connectivity index (χ2v) is 4.06. The average Bonchev–Trinajstić information content (AvgIpc) is 2.42. The molecule has 1 amide bonds. The number of carbonyl (C=O) groups is 1. The maximum absolute atomic E-state index is 11.9. The summed E-state index contributed by atoms with van der Waals surface area (Å²) in [4.78, 5) is 16.9. The number of nitrogens with one attached hydrogen (secondary N) is 1. The van der Waals surface area contributed by atoms with Crippen LogP contribution in [0.5, 0.6) is 0 Å². The highest BCUT2D eigenvalue weighted by Gasteiger charge is 2.10. The zero-order valence-corrected chi connectivity index (χ0v) is 10.7. The molecule has 0 radical (unpaired) electrons. The van der Waals surface area contributed by atoms with Crippen LogP contribution in [-0.4, -0.2) is 26.2 Å². The summed E-state index contributed by atoms with van der Waals surface area (Å²) in [6.45, 7) is 0.698. The Balaban J connectivity index is 2.15. The molecule has 2 aromatic carbocycles. The van der Waals surface area contributed by atoms with E-state index in [-0.39, 0.29) is 12.5 Å². The third kappa shape index (κ3) is 3.21. The van der Waals surface area contributed by atoms with Gasteiger partial charge in [-0.25, -0.2) is 5.48 Å². The number of carbonyl (C=O) groups excluding carboxylic acids is 1. The van der Waals surface area contributed by atoms with Gasteiger partial charge < -0.3 is 10.5 Å². The van der Waals surface area contributed by atoms with E-state index in [0.29, 0.717) is 17.9 Å². The van der Waals surface area contributed by atoms with Gasteiger partial charge in [0.15, 0.2) is 0 Å². The molecule has 0 saturated carbocycles. The summed E-state index contributed by atoms with van der Waals surface area (Å²) in [7, 11) is 1.56. The number of hydroxylamine groups is 1. The molecule has 0 unspecified atom stereocenters. The summed E-state index contributed by atoms with van der Waals surface area (Å²) in [5, 5.41) is 1.95. The monoisotopic (exact) mass is 260 g/mol. The lowest BCUT2D eigenvalue weighted by Crippen LogP contribution is -2.26. The fourth-order valence-corrected chi connectivity index (χ4v) is 1.75. The molecule has 2 aromatic rings. The number of amides is 1. The first-order chi connectivity index (χ1) is 9.22. The SMILES string of the molecule is COCCONC(=O)c1cc2ccccc2cc1N. The first-order valence-corrected chi connectivity index (χ1v) is 5.91. The normalized spacial score (nSPS) is 10.6. The topological polar surface area (TPSA) is 73.6 Å². The maximum Gasteiger partial charge on any atom is 0.276 e. The van der Waals surface area contributed by atoms with E-state index >= 15 is 0 Å². The van der Waals surface area contributed by atoms with Gasteiger partial charge in [-0.1, -0.05) is 24.3 Å². The number of rotatable bonds is 5. The Morgan fingerprint density at radius 1 is 1.21 bits per heavy atom. The minimum absolute atomic E-state index is 0.287. The molecule has 0 aliphatic carbocycles. The fraction of sp³-hybridized carbons (Fsp3) is 0.214. The summed E-state index contributed by atoms with van der Waals surface area (Å²) in [6.07, 6.45) is 0. The van der Waals surface area contributed by atoms with Crippen molar-refractivity contribution in [1.82, 2.24) is 5.48 Å². The van der Waals surface area contributed by atoms with E-state index in [1.807, 2.05) is 24.3 Å². The highest BCUT2D eigenvalue weighted by molar-refractivity contribution is 6.03. The summed E-state index contributed by atoms with van der Waals surface area (Å²) in [6, 6.07) is 11.2. The summed E-state index contributed by atoms with van der Waals surface area (Å²) < 4.78 is 4.81. The predicted octanol–water partition coefficient (Wildman–Crippen LogP) is 1.73. The molecule has 2 rings (SSSR count). The third-order valence-corrected chi connectivity index (χ3v) is 2.72. The van der Waals surface area contributed by atoms with Crippen molar-refractivity contribution in [2.24, 2.45) is 0 Å². The van der Waals surface area contributed by atoms with E-state index < -0.39 is 0 Å². The van der Waals surface area contributed by atoms with Crippen LogP contribution in [0.1, 0.15) is 10.4 Å². The molecule has 0 bridgehead atoms. The zero-order valence-electron chi connectivity index (χ0n) is 10.7. The van der Waals surface area contributed by atoms with Crippen LogP contribution in [0.25, 0.3) is 10.8 Å². The van der Waals surface area contributed by atoms with E-state index in [1.54, 1.807) is 19.2 Å². The van der Waals surface area contributed by atoms with Crippen LogP contribution in [0.3, 0.4) is 0 Å². The fourth-order valence-electron chi connectivity index (χ4n) is 1.75. The number of nitrogen functional groups attached to an aromatic ring is 1. The van der Waals surface area contributed by atoms with Gasteiger partial charge in [-0.3, -0.25) is 9.63 Å². The minimum Gasteiger partial charge on any atom is -0.398 e. The van der Waals surface area contributed by atoms with Crippen LogP contribution in [-0.2, 0) is 9.57 Å². The largest absolute Gasteiger partial charge is 0.398 e. The number of ether oxygens (including phenoxy) is 1. The van der Waals surface area contributed by atoms with Crippen molar-refractivity contribution in [3.05, 3.63) is 42.0 Å². The van der Waals surface area contributed by atoms with Gasteiger partial charge in [0, 0.05) is 12.8 Å². The van der Waals surface area contributed by atoms with E-state index in [9.17, 15) is 4.79 Å². The summed E-state index contributed by atoms with van der Waals surface area (Å²) in [5.41, 5.74) is 9.04. The first kappa shape index (κ1) is 13.3. The Morgan fingerprint density at radius 2 is 1.89 bits per heavy atom. The number of benzene rings is 2. The van der Waals surface area contributed by atoms with Crippen LogP contribution in [0, 0.1) is 0 Å². The molecule has 5 heteroatoms. The summed E-state index contributed by atoms with van der Waals surface area (Å²) in [5.74, 6) is -0.362. The smallest absolute Gasteiger partial charge is 0.276 e. The molecule has 0 fully saturated rings. The quantitative estimate of drug-likeness (QED) is 0.488. The van der Waals surface area contributed by atoms with Crippen molar-refractivity contribution in [3.63, 3.8) is 0 Å². The average molecular weight is 260 g/mol. The van der Waals surface area contributed by atoms with Gasteiger partial charge in [0.25, 0.3) is 5.91 Å². The third-order valence-electron chi connectivity index (χ3n) is 2.72. The standard InChI is InChI=1S/C14H16N2O3/c1-18-6-7-19-16-14(17)12-8-10-4-2-3-5-11(10)9-13(12)15/h2-5,8-9H,6-7,15H2,1H3,(H,16,17). The number of anilines is 1. The van der Waals surface area contributed by atoms with Crippen LogP contribution >= 0.6 is 0 Å². The molecule has 0 aliphatic heterocycles. The first-order valence-electron chi connectivity index (χ1n) is 5.91. The lowest BCUT2D eigenvalue weighted by molar-refractivity contribution is 0.00895. The van der Waals surface area contributed by atoms with Gasteiger partial charge in [-0.15, -0.1) is 0 Å². The van der Waals surface area contributed by atoms with Gasteiger partial charge in [-0.2, -0.15) is 0 Å². The predicted molar refractivity (Wildman–Crippen MR) is 73.7 cm³/mol. The van der Waals surface area contributed by atoms with Crippen molar-refractivity contribution in [1.29, 1.82) is 0 Å². The molecule has 5 nitrogen and oxygen atoms in total. The lowest BCUT2D eigenvalue weighted by atomic mass is 10.0. The van der Waals surface area contributed by atoms with Crippen molar-refractivity contribution < 1.29 is 14.4 Å². The minimum atomic E-state index is -0.362. The lowest BCUT2D eigenvalue weighted by Gasteiger charge is -2.09. The molecule has 19 heavy (non-hydrogen) atoms. The molecule has 0 saturated heterocycles. The number of nitrogens with two attached hydrogens (primary N) is 1. The number of methoxy groups -OCH3 is 1. The molecule has 0 spiro atoms. The van der Waals surface area contributed by atoms with Gasteiger partial charge >= 0.3 is 0 Å².